The Morgan fingerprint density at radius 1 is 1.00 bits per heavy atom. The highest BCUT2D eigenvalue weighted by Crippen LogP contribution is 2.29. The number of methoxy groups -OCH3 is 1. The number of carbonyl (C=O) groups excluding carboxylic acids is 1. The minimum Gasteiger partial charge on any atom is -0.497 e. The van der Waals surface area contributed by atoms with E-state index in [1.807, 2.05) is 48.5 Å². The Kier molecular flexibility index (Phi) is 6.06. The number of carbonyl (C=O) groups is 1. The van der Waals surface area contributed by atoms with Crippen LogP contribution in [0.2, 0.25) is 0 Å². The summed E-state index contributed by atoms with van der Waals surface area (Å²) in [4.78, 5) is 13.4. The van der Waals surface area contributed by atoms with Crippen molar-refractivity contribution in [1.82, 2.24) is 9.62 Å². The lowest BCUT2D eigenvalue weighted by atomic mass is 9.95. The van der Waals surface area contributed by atoms with Crippen LogP contribution >= 0.6 is 0 Å². The highest BCUT2D eigenvalue weighted by atomic mass is 32.2. The predicted molar refractivity (Wildman–Crippen MR) is 118 cm³/mol. The molecule has 0 radical (unpaired) electrons. The van der Waals surface area contributed by atoms with Gasteiger partial charge in [0.2, 0.25) is 15.9 Å². The third-order valence-electron chi connectivity index (χ3n) is 5.46. The first-order valence-electron chi connectivity index (χ1n) is 10.0. The predicted octanol–water partition coefficient (Wildman–Crippen LogP) is 3.13. The summed E-state index contributed by atoms with van der Waals surface area (Å²) in [5.41, 5.74) is 2.78. The fourth-order valence-electron chi connectivity index (χ4n) is 3.79. The SMILES string of the molecule is COc1cccc(CNC(=O)C2Cc3ccccc3CN2S(=O)(=O)c2ccccc2)c1. The zero-order valence-corrected chi connectivity index (χ0v) is 18.0. The number of sulfonamides is 1. The molecule has 6 nitrogen and oxygen atoms in total. The number of rotatable bonds is 6. The summed E-state index contributed by atoms with van der Waals surface area (Å²) in [5.74, 6) is 0.378. The number of hydrogen-bond donors (Lipinski definition) is 1. The molecule has 3 aromatic carbocycles. The molecule has 7 heteroatoms. The van der Waals surface area contributed by atoms with E-state index < -0.39 is 16.1 Å². The van der Waals surface area contributed by atoms with Crippen molar-refractivity contribution in [2.45, 2.75) is 30.4 Å². The molecule has 1 heterocycles. The van der Waals surface area contributed by atoms with Gasteiger partial charge in [0.1, 0.15) is 11.8 Å². The summed E-state index contributed by atoms with van der Waals surface area (Å²) >= 11 is 0. The summed E-state index contributed by atoms with van der Waals surface area (Å²) in [6.45, 7) is 0.443. The van der Waals surface area contributed by atoms with Crippen molar-refractivity contribution in [1.29, 1.82) is 0 Å². The lowest BCUT2D eigenvalue weighted by Crippen LogP contribution is -2.52. The largest absolute Gasteiger partial charge is 0.497 e. The average molecular weight is 437 g/mol. The quantitative estimate of drug-likeness (QED) is 0.644. The molecule has 160 valence electrons. The van der Waals surface area contributed by atoms with E-state index in [-0.39, 0.29) is 23.9 Å². The van der Waals surface area contributed by atoms with Crippen LogP contribution in [0.5, 0.6) is 5.75 Å². The lowest BCUT2D eigenvalue weighted by molar-refractivity contribution is -0.125. The Morgan fingerprint density at radius 3 is 2.45 bits per heavy atom. The molecule has 1 aliphatic rings. The molecule has 1 atom stereocenters. The second kappa shape index (κ2) is 8.91. The van der Waals surface area contributed by atoms with Gasteiger partial charge in [-0.1, -0.05) is 54.6 Å². The third kappa shape index (κ3) is 4.47. The molecule has 4 rings (SSSR count). The first-order chi connectivity index (χ1) is 15.0. The number of fused-ring (bicyclic) bond motifs is 1. The van der Waals surface area contributed by atoms with Gasteiger partial charge in [-0.05, 0) is 47.4 Å². The third-order valence-corrected chi connectivity index (χ3v) is 7.33. The first kappa shape index (κ1) is 21.1. The maximum atomic E-state index is 13.4. The monoisotopic (exact) mass is 436 g/mol. The number of nitrogens with one attached hydrogen (secondary N) is 1. The van der Waals surface area contributed by atoms with Crippen molar-refractivity contribution in [3.05, 3.63) is 95.6 Å². The van der Waals surface area contributed by atoms with Crippen molar-refractivity contribution >= 4 is 15.9 Å². The molecule has 0 aromatic heterocycles. The Morgan fingerprint density at radius 2 is 1.71 bits per heavy atom. The van der Waals surface area contributed by atoms with Gasteiger partial charge < -0.3 is 10.1 Å². The minimum absolute atomic E-state index is 0.157. The van der Waals surface area contributed by atoms with Gasteiger partial charge in [0.25, 0.3) is 0 Å². The highest BCUT2D eigenvalue weighted by molar-refractivity contribution is 7.89. The van der Waals surface area contributed by atoms with Crippen molar-refractivity contribution in [3.8, 4) is 5.75 Å². The van der Waals surface area contributed by atoms with Crippen LogP contribution in [0, 0.1) is 0 Å². The fraction of sp³-hybridized carbons (Fsp3) is 0.208. The summed E-state index contributed by atoms with van der Waals surface area (Å²) < 4.78 is 33.3. The van der Waals surface area contributed by atoms with Gasteiger partial charge in [0.05, 0.1) is 12.0 Å². The van der Waals surface area contributed by atoms with Gasteiger partial charge in [-0.2, -0.15) is 4.31 Å². The molecule has 0 saturated carbocycles. The molecule has 1 unspecified atom stereocenters. The van der Waals surface area contributed by atoms with E-state index in [0.29, 0.717) is 12.2 Å². The minimum atomic E-state index is -3.84. The maximum Gasteiger partial charge on any atom is 0.244 e. The van der Waals surface area contributed by atoms with Crippen LogP contribution in [0.4, 0.5) is 0 Å². The molecule has 1 amide bonds. The Bertz CT molecular complexity index is 1180. The number of benzene rings is 3. The summed E-state index contributed by atoms with van der Waals surface area (Å²) in [7, 11) is -2.25. The molecule has 0 aliphatic carbocycles. The van der Waals surface area contributed by atoms with E-state index in [1.165, 1.54) is 4.31 Å². The van der Waals surface area contributed by atoms with Gasteiger partial charge in [-0.15, -0.1) is 0 Å². The molecule has 0 fully saturated rings. The van der Waals surface area contributed by atoms with Crippen molar-refractivity contribution in [2.24, 2.45) is 0 Å². The highest BCUT2D eigenvalue weighted by Gasteiger charge is 2.39. The molecule has 0 spiro atoms. The van der Waals surface area contributed by atoms with Gasteiger partial charge in [-0.3, -0.25) is 4.79 Å². The summed E-state index contributed by atoms with van der Waals surface area (Å²) in [6, 6.07) is 22.5. The standard InChI is InChI=1S/C24H24N2O4S/c1-30-21-11-7-8-18(14-21)16-25-24(27)23-15-19-9-5-6-10-20(19)17-26(23)31(28,29)22-12-3-2-4-13-22/h2-14,23H,15-17H2,1H3,(H,25,27). The first-order valence-corrected chi connectivity index (χ1v) is 11.5. The molecule has 3 aromatic rings. The number of ether oxygens (including phenoxy) is 1. The van der Waals surface area contributed by atoms with E-state index in [4.69, 9.17) is 4.74 Å². The van der Waals surface area contributed by atoms with Gasteiger partial charge in [-0.25, -0.2) is 8.42 Å². The topological polar surface area (TPSA) is 75.7 Å². The Hall–Kier alpha value is -3.16. The number of nitrogens with zero attached hydrogens (tertiary/aromatic N) is 1. The second-order valence-electron chi connectivity index (χ2n) is 7.42. The zero-order valence-electron chi connectivity index (χ0n) is 17.2. The number of hydrogen-bond acceptors (Lipinski definition) is 4. The van der Waals surface area contributed by atoms with E-state index in [0.717, 1.165) is 16.7 Å². The van der Waals surface area contributed by atoms with Crippen LogP contribution in [-0.4, -0.2) is 31.8 Å². The van der Waals surface area contributed by atoms with E-state index in [2.05, 4.69) is 5.32 Å². The van der Waals surface area contributed by atoms with Crippen molar-refractivity contribution in [3.63, 3.8) is 0 Å². The van der Waals surface area contributed by atoms with E-state index in [9.17, 15) is 13.2 Å². The summed E-state index contributed by atoms with van der Waals surface area (Å²) in [5, 5.41) is 2.90. The van der Waals surface area contributed by atoms with Gasteiger partial charge >= 0.3 is 0 Å². The Labute approximate surface area is 182 Å². The fourth-order valence-corrected chi connectivity index (χ4v) is 5.38. The molecular weight excluding hydrogens is 412 g/mol. The van der Waals surface area contributed by atoms with Crippen LogP contribution in [-0.2, 0) is 34.3 Å². The zero-order chi connectivity index (χ0) is 21.8. The smallest absolute Gasteiger partial charge is 0.244 e. The molecular formula is C24H24N2O4S. The lowest BCUT2D eigenvalue weighted by Gasteiger charge is -2.35. The number of amides is 1. The molecule has 0 saturated heterocycles. The van der Waals surface area contributed by atoms with Crippen LogP contribution in [0.1, 0.15) is 16.7 Å². The molecule has 1 aliphatic heterocycles. The second-order valence-corrected chi connectivity index (χ2v) is 9.31. The van der Waals surface area contributed by atoms with Gasteiger partial charge in [0, 0.05) is 13.1 Å². The molecule has 1 N–H and O–H groups in total. The van der Waals surface area contributed by atoms with E-state index in [1.54, 1.807) is 37.4 Å². The van der Waals surface area contributed by atoms with Crippen molar-refractivity contribution < 1.29 is 17.9 Å². The van der Waals surface area contributed by atoms with E-state index >= 15 is 0 Å². The average Bonchev–Trinajstić information content (AvgIpc) is 2.82. The summed E-state index contributed by atoms with van der Waals surface area (Å²) in [6.07, 6.45) is 0.326. The van der Waals surface area contributed by atoms with Crippen LogP contribution < -0.4 is 10.1 Å². The normalized spacial score (nSPS) is 16.4. The van der Waals surface area contributed by atoms with Crippen LogP contribution in [0.15, 0.2) is 83.8 Å². The maximum absolute atomic E-state index is 13.4. The van der Waals surface area contributed by atoms with Gasteiger partial charge in [0.15, 0.2) is 0 Å². The Balaban J connectivity index is 1.61. The van der Waals surface area contributed by atoms with Crippen LogP contribution in [0.3, 0.4) is 0 Å². The van der Waals surface area contributed by atoms with Crippen molar-refractivity contribution in [2.75, 3.05) is 7.11 Å². The van der Waals surface area contributed by atoms with Crippen LogP contribution in [0.25, 0.3) is 0 Å². The molecule has 31 heavy (non-hydrogen) atoms. The molecule has 0 bridgehead atoms.